The molecule has 0 aliphatic heterocycles. The van der Waals surface area contributed by atoms with E-state index in [4.69, 9.17) is 9.84 Å². The van der Waals surface area contributed by atoms with E-state index in [9.17, 15) is 4.79 Å². The highest BCUT2D eigenvalue weighted by atomic mass is 16.5. The lowest BCUT2D eigenvalue weighted by Crippen LogP contribution is -1.99. The van der Waals surface area contributed by atoms with Crippen LogP contribution < -0.4 is 4.74 Å². The maximum Gasteiger partial charge on any atom is 0.335 e. The topological polar surface area (TPSA) is 46.5 Å². The Morgan fingerprint density at radius 3 is 2.15 bits per heavy atom. The molecule has 3 heteroatoms. The number of aromatic carboxylic acids is 1. The van der Waals surface area contributed by atoms with Crippen molar-refractivity contribution in [2.75, 3.05) is 0 Å². The molecule has 0 saturated carbocycles. The molecule has 0 spiro atoms. The number of rotatable bonds is 9. The van der Waals surface area contributed by atoms with Gasteiger partial charge >= 0.3 is 5.97 Å². The predicted octanol–water partition coefficient (Wildman–Crippen LogP) is 5.53. The molecule has 3 aromatic carbocycles. The predicted molar refractivity (Wildman–Crippen MR) is 107 cm³/mol. The summed E-state index contributed by atoms with van der Waals surface area (Å²) in [6, 6.07) is 25.5. The standard InChI is InChI=1S/C24H24O3/c25-24(26)22-16-14-19(15-17-22)8-4-5-11-21-12-6-7-13-23(21)27-18-20-9-2-1-3-10-20/h1-3,6-7,9-10,12-17H,4-5,8,11,18H2,(H,25,26). The number of carboxylic acids is 1. The second-order valence-corrected chi connectivity index (χ2v) is 6.59. The second-order valence-electron chi connectivity index (χ2n) is 6.59. The summed E-state index contributed by atoms with van der Waals surface area (Å²) < 4.78 is 6.02. The van der Waals surface area contributed by atoms with Crippen molar-refractivity contribution < 1.29 is 14.6 Å². The Bertz CT molecular complexity index is 854. The van der Waals surface area contributed by atoms with Gasteiger partial charge in [0.25, 0.3) is 0 Å². The lowest BCUT2D eigenvalue weighted by molar-refractivity contribution is 0.0697. The normalized spacial score (nSPS) is 10.5. The second kappa shape index (κ2) is 9.58. The third-order valence-electron chi connectivity index (χ3n) is 4.57. The minimum atomic E-state index is -0.881. The molecular weight excluding hydrogens is 336 g/mol. The van der Waals surface area contributed by atoms with E-state index in [0.29, 0.717) is 12.2 Å². The van der Waals surface area contributed by atoms with Gasteiger partial charge in [0.05, 0.1) is 5.56 Å². The molecule has 138 valence electrons. The summed E-state index contributed by atoms with van der Waals surface area (Å²) in [6.07, 6.45) is 4.04. The highest BCUT2D eigenvalue weighted by Crippen LogP contribution is 2.22. The first kappa shape index (κ1) is 18.7. The molecule has 1 N–H and O–H groups in total. The molecule has 0 atom stereocenters. The summed E-state index contributed by atoms with van der Waals surface area (Å²) in [5.41, 5.74) is 3.91. The molecule has 0 saturated heterocycles. The van der Waals surface area contributed by atoms with Gasteiger partial charge in [0.15, 0.2) is 0 Å². The van der Waals surface area contributed by atoms with Gasteiger partial charge in [0.2, 0.25) is 0 Å². The minimum Gasteiger partial charge on any atom is -0.489 e. The van der Waals surface area contributed by atoms with Gasteiger partial charge < -0.3 is 9.84 Å². The highest BCUT2D eigenvalue weighted by molar-refractivity contribution is 5.87. The van der Waals surface area contributed by atoms with Gasteiger partial charge in [-0.25, -0.2) is 4.79 Å². The fraction of sp³-hybridized carbons (Fsp3) is 0.208. The fourth-order valence-electron chi connectivity index (χ4n) is 3.05. The summed E-state index contributed by atoms with van der Waals surface area (Å²) in [6.45, 7) is 0.577. The third-order valence-corrected chi connectivity index (χ3v) is 4.57. The van der Waals surface area contributed by atoms with Crippen molar-refractivity contribution in [3.63, 3.8) is 0 Å². The van der Waals surface area contributed by atoms with Crippen molar-refractivity contribution in [1.82, 2.24) is 0 Å². The van der Waals surface area contributed by atoms with Gasteiger partial charge in [-0.15, -0.1) is 0 Å². The first-order chi connectivity index (χ1) is 13.2. The summed E-state index contributed by atoms with van der Waals surface area (Å²) >= 11 is 0. The van der Waals surface area contributed by atoms with Crippen LogP contribution in [-0.4, -0.2) is 11.1 Å². The SMILES string of the molecule is O=C(O)c1ccc(CCCCc2ccccc2OCc2ccccc2)cc1. The Kier molecular flexibility index (Phi) is 6.64. The smallest absolute Gasteiger partial charge is 0.335 e. The molecule has 0 bridgehead atoms. The van der Waals surface area contributed by atoms with Gasteiger partial charge in [0.1, 0.15) is 12.4 Å². The third kappa shape index (κ3) is 5.71. The summed E-state index contributed by atoms with van der Waals surface area (Å²) in [4.78, 5) is 10.9. The first-order valence-electron chi connectivity index (χ1n) is 9.29. The van der Waals surface area contributed by atoms with Crippen molar-refractivity contribution >= 4 is 5.97 Å². The number of ether oxygens (including phenoxy) is 1. The van der Waals surface area contributed by atoms with E-state index in [1.807, 2.05) is 42.5 Å². The van der Waals surface area contributed by atoms with Crippen LogP contribution in [0.3, 0.4) is 0 Å². The van der Waals surface area contributed by atoms with Crippen LogP contribution in [0.15, 0.2) is 78.9 Å². The Balaban J connectivity index is 1.48. The maximum absolute atomic E-state index is 10.9. The molecule has 3 nitrogen and oxygen atoms in total. The molecule has 27 heavy (non-hydrogen) atoms. The number of para-hydroxylation sites is 1. The van der Waals surface area contributed by atoms with Crippen molar-refractivity contribution in [2.24, 2.45) is 0 Å². The summed E-state index contributed by atoms with van der Waals surface area (Å²) in [5, 5.41) is 8.95. The molecule has 0 fully saturated rings. The van der Waals surface area contributed by atoms with E-state index in [-0.39, 0.29) is 0 Å². The highest BCUT2D eigenvalue weighted by Gasteiger charge is 2.05. The molecule has 0 aromatic heterocycles. The van der Waals surface area contributed by atoms with E-state index >= 15 is 0 Å². The van der Waals surface area contributed by atoms with Crippen molar-refractivity contribution in [1.29, 1.82) is 0 Å². The average Bonchev–Trinajstić information content (AvgIpc) is 2.71. The lowest BCUT2D eigenvalue weighted by atomic mass is 10.0. The number of unbranched alkanes of at least 4 members (excludes halogenated alkanes) is 1. The number of hydrogen-bond acceptors (Lipinski definition) is 2. The molecule has 3 aromatic rings. The maximum atomic E-state index is 10.9. The molecule has 0 aliphatic rings. The number of carboxylic acid groups (broad SMARTS) is 1. The largest absolute Gasteiger partial charge is 0.489 e. The van der Waals surface area contributed by atoms with E-state index in [1.54, 1.807) is 12.1 Å². The van der Waals surface area contributed by atoms with Gasteiger partial charge in [-0.1, -0.05) is 60.7 Å². The van der Waals surface area contributed by atoms with Crippen LogP contribution >= 0.6 is 0 Å². The average molecular weight is 360 g/mol. The zero-order valence-corrected chi connectivity index (χ0v) is 15.3. The van der Waals surface area contributed by atoms with E-state index in [0.717, 1.165) is 37.0 Å². The van der Waals surface area contributed by atoms with Crippen molar-refractivity contribution in [3.05, 3.63) is 101 Å². The Morgan fingerprint density at radius 2 is 1.41 bits per heavy atom. The number of carbonyl (C=O) groups is 1. The Labute approximate surface area is 160 Å². The summed E-state index contributed by atoms with van der Waals surface area (Å²) in [7, 11) is 0. The van der Waals surface area contributed by atoms with Gasteiger partial charge in [-0.3, -0.25) is 0 Å². The van der Waals surface area contributed by atoms with Crippen molar-refractivity contribution in [3.8, 4) is 5.75 Å². The first-order valence-corrected chi connectivity index (χ1v) is 9.29. The van der Waals surface area contributed by atoms with Crippen LogP contribution in [0, 0.1) is 0 Å². The van der Waals surface area contributed by atoms with E-state index in [1.165, 1.54) is 11.1 Å². The van der Waals surface area contributed by atoms with E-state index in [2.05, 4.69) is 24.3 Å². The Hall–Kier alpha value is -3.07. The zero-order chi connectivity index (χ0) is 18.9. The van der Waals surface area contributed by atoms with Crippen LogP contribution in [0.1, 0.15) is 39.9 Å². The fourth-order valence-corrected chi connectivity index (χ4v) is 3.05. The molecule has 3 rings (SSSR count). The Morgan fingerprint density at radius 1 is 0.741 bits per heavy atom. The molecule has 0 amide bonds. The van der Waals surface area contributed by atoms with Crippen LogP contribution in [0.25, 0.3) is 0 Å². The molecule has 0 heterocycles. The zero-order valence-electron chi connectivity index (χ0n) is 15.3. The van der Waals surface area contributed by atoms with Gasteiger partial charge in [0, 0.05) is 0 Å². The van der Waals surface area contributed by atoms with Crippen molar-refractivity contribution in [2.45, 2.75) is 32.3 Å². The van der Waals surface area contributed by atoms with Crippen LogP contribution in [0.5, 0.6) is 5.75 Å². The van der Waals surface area contributed by atoms with Crippen LogP contribution in [-0.2, 0) is 19.4 Å². The minimum absolute atomic E-state index is 0.336. The quantitative estimate of drug-likeness (QED) is 0.510. The number of aryl methyl sites for hydroxylation is 2. The van der Waals surface area contributed by atoms with Crippen LogP contribution in [0.4, 0.5) is 0 Å². The molecule has 0 radical (unpaired) electrons. The molecular formula is C24H24O3. The van der Waals surface area contributed by atoms with E-state index < -0.39 is 5.97 Å². The van der Waals surface area contributed by atoms with Crippen LogP contribution in [0.2, 0.25) is 0 Å². The molecule has 0 unspecified atom stereocenters. The number of hydrogen-bond donors (Lipinski definition) is 1. The van der Waals surface area contributed by atoms with Gasteiger partial charge in [-0.2, -0.15) is 0 Å². The number of benzene rings is 3. The molecule has 0 aliphatic carbocycles. The summed E-state index contributed by atoms with van der Waals surface area (Å²) in [5.74, 6) is 0.0702. The lowest BCUT2D eigenvalue weighted by Gasteiger charge is -2.11. The van der Waals surface area contributed by atoms with Gasteiger partial charge in [-0.05, 0) is 60.6 Å². The monoisotopic (exact) mass is 360 g/mol.